The standard InChI is InChI=1S/C19H20N2O5/c1-11-5-12(2)7-15(6-11)19(23)26-10-18(22)20-16-8-13(3)14(4)9-17(16)21(24)25/h5-9H,10H2,1-4H3,(H,20,22). The Balaban J connectivity index is 2.06. The van der Waals surface area contributed by atoms with Crippen molar-refractivity contribution in [2.75, 3.05) is 11.9 Å². The molecule has 0 heterocycles. The van der Waals surface area contributed by atoms with E-state index in [4.69, 9.17) is 4.74 Å². The van der Waals surface area contributed by atoms with Gasteiger partial charge in [0.25, 0.3) is 11.6 Å². The number of amides is 1. The average Bonchev–Trinajstić information content (AvgIpc) is 2.54. The van der Waals surface area contributed by atoms with E-state index in [9.17, 15) is 19.7 Å². The van der Waals surface area contributed by atoms with Gasteiger partial charge in [0.05, 0.1) is 10.5 Å². The molecule has 0 aromatic heterocycles. The summed E-state index contributed by atoms with van der Waals surface area (Å²) < 4.78 is 5.01. The fourth-order valence-corrected chi connectivity index (χ4v) is 2.55. The number of aryl methyl sites for hydroxylation is 4. The number of nitrogens with one attached hydrogen (secondary N) is 1. The summed E-state index contributed by atoms with van der Waals surface area (Å²) in [5.74, 6) is -1.27. The highest BCUT2D eigenvalue weighted by atomic mass is 16.6. The zero-order valence-corrected chi connectivity index (χ0v) is 15.1. The van der Waals surface area contributed by atoms with Gasteiger partial charge in [0.2, 0.25) is 0 Å². The first-order valence-electron chi connectivity index (χ1n) is 7.98. The second-order valence-electron chi connectivity index (χ2n) is 6.21. The summed E-state index contributed by atoms with van der Waals surface area (Å²) in [6.07, 6.45) is 0. The topological polar surface area (TPSA) is 98.5 Å². The van der Waals surface area contributed by atoms with Gasteiger partial charge < -0.3 is 10.1 Å². The molecule has 26 heavy (non-hydrogen) atoms. The number of hydrogen-bond donors (Lipinski definition) is 1. The van der Waals surface area contributed by atoms with Crippen molar-refractivity contribution in [1.82, 2.24) is 0 Å². The Kier molecular flexibility index (Phi) is 5.71. The van der Waals surface area contributed by atoms with E-state index >= 15 is 0 Å². The summed E-state index contributed by atoms with van der Waals surface area (Å²) in [4.78, 5) is 34.7. The van der Waals surface area contributed by atoms with Gasteiger partial charge in [-0.1, -0.05) is 17.2 Å². The summed E-state index contributed by atoms with van der Waals surface area (Å²) in [7, 11) is 0. The molecule has 0 aliphatic rings. The van der Waals surface area contributed by atoms with Crippen molar-refractivity contribution in [3.05, 3.63) is 68.3 Å². The fourth-order valence-electron chi connectivity index (χ4n) is 2.55. The van der Waals surface area contributed by atoms with Crippen LogP contribution < -0.4 is 5.32 Å². The Morgan fingerprint density at radius 3 is 2.15 bits per heavy atom. The molecular weight excluding hydrogens is 336 g/mol. The summed E-state index contributed by atoms with van der Waals surface area (Å²) in [5, 5.41) is 13.6. The van der Waals surface area contributed by atoms with E-state index < -0.39 is 23.4 Å². The van der Waals surface area contributed by atoms with Gasteiger partial charge in [-0.3, -0.25) is 14.9 Å². The predicted octanol–water partition coefficient (Wildman–Crippen LogP) is 3.62. The SMILES string of the molecule is Cc1cc(C)cc(C(=O)OCC(=O)Nc2cc(C)c(C)cc2[N+](=O)[O-])c1. The minimum Gasteiger partial charge on any atom is -0.452 e. The van der Waals surface area contributed by atoms with Crippen LogP contribution in [0.4, 0.5) is 11.4 Å². The number of nitro groups is 1. The molecule has 0 spiro atoms. The van der Waals surface area contributed by atoms with Crippen LogP contribution in [0.3, 0.4) is 0 Å². The lowest BCUT2D eigenvalue weighted by Crippen LogP contribution is -2.21. The first-order chi connectivity index (χ1) is 12.2. The van der Waals surface area contributed by atoms with Crippen molar-refractivity contribution >= 4 is 23.3 Å². The normalized spacial score (nSPS) is 10.3. The Hall–Kier alpha value is -3.22. The summed E-state index contributed by atoms with van der Waals surface area (Å²) >= 11 is 0. The molecule has 2 aromatic carbocycles. The van der Waals surface area contributed by atoms with Crippen molar-refractivity contribution in [2.24, 2.45) is 0 Å². The molecule has 0 radical (unpaired) electrons. The van der Waals surface area contributed by atoms with Crippen molar-refractivity contribution in [3.63, 3.8) is 0 Å². The number of nitro benzene ring substituents is 1. The Morgan fingerprint density at radius 1 is 1.00 bits per heavy atom. The molecule has 1 N–H and O–H groups in total. The van der Waals surface area contributed by atoms with Crippen LogP contribution >= 0.6 is 0 Å². The van der Waals surface area contributed by atoms with Crippen molar-refractivity contribution in [3.8, 4) is 0 Å². The minimum absolute atomic E-state index is 0.0746. The number of benzene rings is 2. The minimum atomic E-state index is -0.644. The molecule has 0 saturated heterocycles. The van der Waals surface area contributed by atoms with Crippen LogP contribution in [-0.2, 0) is 9.53 Å². The average molecular weight is 356 g/mol. The quantitative estimate of drug-likeness (QED) is 0.501. The predicted molar refractivity (Wildman–Crippen MR) is 97.4 cm³/mol. The van der Waals surface area contributed by atoms with E-state index in [1.807, 2.05) is 19.9 Å². The van der Waals surface area contributed by atoms with E-state index in [2.05, 4.69) is 5.32 Å². The fraction of sp³-hybridized carbons (Fsp3) is 0.263. The summed E-state index contributed by atoms with van der Waals surface area (Å²) in [6, 6.07) is 8.18. The molecule has 0 fully saturated rings. The summed E-state index contributed by atoms with van der Waals surface area (Å²) in [6.45, 7) is 6.72. The Morgan fingerprint density at radius 2 is 1.58 bits per heavy atom. The second kappa shape index (κ2) is 7.77. The first kappa shape index (κ1) is 19.1. The van der Waals surface area contributed by atoms with Gasteiger partial charge >= 0.3 is 5.97 Å². The van der Waals surface area contributed by atoms with Gasteiger partial charge in [-0.05, 0) is 57.0 Å². The van der Waals surface area contributed by atoms with Crippen molar-refractivity contribution in [1.29, 1.82) is 0 Å². The summed E-state index contributed by atoms with van der Waals surface area (Å²) in [5.41, 5.74) is 3.59. The lowest BCUT2D eigenvalue weighted by molar-refractivity contribution is -0.384. The smallest absolute Gasteiger partial charge is 0.338 e. The third kappa shape index (κ3) is 4.66. The molecule has 0 aliphatic carbocycles. The van der Waals surface area contributed by atoms with Crippen molar-refractivity contribution in [2.45, 2.75) is 27.7 Å². The number of rotatable bonds is 5. The number of carbonyl (C=O) groups is 2. The number of nitrogens with zero attached hydrogens (tertiary/aromatic N) is 1. The third-order valence-corrected chi connectivity index (χ3v) is 3.87. The molecule has 0 aliphatic heterocycles. The van der Waals surface area contributed by atoms with Gasteiger partial charge in [-0.2, -0.15) is 0 Å². The number of ether oxygens (including phenoxy) is 1. The molecule has 2 aromatic rings. The van der Waals surface area contributed by atoms with E-state index in [-0.39, 0.29) is 11.4 Å². The number of esters is 1. The highest BCUT2D eigenvalue weighted by molar-refractivity contribution is 5.97. The zero-order valence-electron chi connectivity index (χ0n) is 15.1. The van der Waals surface area contributed by atoms with Gasteiger partial charge in [0, 0.05) is 6.07 Å². The molecule has 0 bridgehead atoms. The van der Waals surface area contributed by atoms with E-state index in [1.165, 1.54) is 12.1 Å². The van der Waals surface area contributed by atoms with Crippen LogP contribution in [0.1, 0.15) is 32.6 Å². The second-order valence-corrected chi connectivity index (χ2v) is 6.21. The molecule has 0 saturated carbocycles. The largest absolute Gasteiger partial charge is 0.452 e. The van der Waals surface area contributed by atoms with Crippen LogP contribution in [0.25, 0.3) is 0 Å². The number of carbonyl (C=O) groups excluding carboxylic acids is 2. The molecule has 0 atom stereocenters. The van der Waals surface area contributed by atoms with E-state index in [0.29, 0.717) is 5.56 Å². The van der Waals surface area contributed by atoms with Crippen LogP contribution in [0.5, 0.6) is 0 Å². The lowest BCUT2D eigenvalue weighted by Gasteiger charge is -2.10. The molecule has 7 heteroatoms. The monoisotopic (exact) mass is 356 g/mol. The van der Waals surface area contributed by atoms with Crippen LogP contribution in [-0.4, -0.2) is 23.4 Å². The van der Waals surface area contributed by atoms with Gasteiger partial charge in [0.1, 0.15) is 5.69 Å². The van der Waals surface area contributed by atoms with E-state index in [0.717, 1.165) is 22.3 Å². The van der Waals surface area contributed by atoms with Crippen LogP contribution in [0.2, 0.25) is 0 Å². The first-order valence-corrected chi connectivity index (χ1v) is 7.98. The third-order valence-electron chi connectivity index (χ3n) is 3.87. The maximum atomic E-state index is 12.1. The van der Waals surface area contributed by atoms with Crippen LogP contribution in [0.15, 0.2) is 30.3 Å². The molecule has 2 rings (SSSR count). The zero-order chi connectivity index (χ0) is 19.4. The molecular formula is C19H20N2O5. The Labute approximate surface area is 151 Å². The van der Waals surface area contributed by atoms with Gasteiger partial charge in [-0.15, -0.1) is 0 Å². The van der Waals surface area contributed by atoms with Crippen LogP contribution in [0, 0.1) is 37.8 Å². The molecule has 7 nitrogen and oxygen atoms in total. The highest BCUT2D eigenvalue weighted by Gasteiger charge is 2.18. The maximum absolute atomic E-state index is 12.1. The Bertz CT molecular complexity index is 869. The van der Waals surface area contributed by atoms with Gasteiger partial charge in [-0.25, -0.2) is 4.79 Å². The molecule has 1 amide bonds. The molecule has 136 valence electrons. The van der Waals surface area contributed by atoms with E-state index in [1.54, 1.807) is 26.0 Å². The molecule has 0 unspecified atom stereocenters. The van der Waals surface area contributed by atoms with Crippen molar-refractivity contribution < 1.29 is 19.2 Å². The maximum Gasteiger partial charge on any atom is 0.338 e. The highest BCUT2D eigenvalue weighted by Crippen LogP contribution is 2.27. The number of anilines is 1. The number of hydrogen-bond acceptors (Lipinski definition) is 5. The lowest BCUT2D eigenvalue weighted by atomic mass is 10.1. The van der Waals surface area contributed by atoms with Gasteiger partial charge in [0.15, 0.2) is 6.61 Å².